The topological polar surface area (TPSA) is 30.3 Å². The highest BCUT2D eigenvalue weighted by Gasteiger charge is 2.31. The molecule has 0 amide bonds. The maximum absolute atomic E-state index is 13.2. The zero-order chi connectivity index (χ0) is 20.9. The molecular weight excluding hydrogens is 386 g/mol. The quantitative estimate of drug-likeness (QED) is 0.578. The van der Waals surface area contributed by atoms with Crippen LogP contribution in [0.2, 0.25) is 0 Å². The molecule has 8 heteroatoms. The fourth-order valence-corrected chi connectivity index (χ4v) is 3.20. The second-order valence-corrected chi connectivity index (χ2v) is 6.93. The van der Waals surface area contributed by atoms with E-state index in [1.165, 1.54) is 5.52 Å². The monoisotopic (exact) mass is 409 g/mol. The van der Waals surface area contributed by atoms with Gasteiger partial charge in [-0.05, 0) is 42.3 Å². The number of halogens is 4. The first-order chi connectivity index (χ1) is 13.8. The summed E-state index contributed by atoms with van der Waals surface area (Å²) in [5.41, 5.74) is 1.65. The first-order valence-corrected chi connectivity index (χ1v) is 9.36. The van der Waals surface area contributed by atoms with Crippen LogP contribution in [0, 0.1) is 5.82 Å². The van der Waals surface area contributed by atoms with Gasteiger partial charge in [0.05, 0.1) is 29.5 Å². The molecule has 0 aliphatic carbocycles. The van der Waals surface area contributed by atoms with Gasteiger partial charge in [-0.2, -0.15) is 13.2 Å². The van der Waals surface area contributed by atoms with Crippen molar-refractivity contribution >= 4 is 11.0 Å². The first kappa shape index (κ1) is 21.3. The number of alkyl halides is 3. The second kappa shape index (κ2) is 9.37. The highest BCUT2D eigenvalue weighted by molar-refractivity contribution is 5.74. The fraction of sp³-hybridized carbons (Fsp3) is 0.381. The van der Waals surface area contributed by atoms with E-state index in [-0.39, 0.29) is 0 Å². The zero-order valence-electron chi connectivity index (χ0n) is 16.1. The Hall–Kier alpha value is -2.45. The Labute approximate surface area is 166 Å². The molecule has 2 aromatic carbocycles. The summed E-state index contributed by atoms with van der Waals surface area (Å²) in [6, 6.07) is 10.8. The molecule has 0 radical (unpaired) electrons. The van der Waals surface area contributed by atoms with Gasteiger partial charge in [-0.15, -0.1) is 0 Å². The molecule has 1 aliphatic heterocycles. The summed E-state index contributed by atoms with van der Waals surface area (Å²) in [5, 5.41) is 0. The third kappa shape index (κ3) is 6.01. The molecule has 4 rings (SSSR count). The van der Waals surface area contributed by atoms with Crippen molar-refractivity contribution in [3.8, 4) is 0 Å². The molecule has 1 saturated heterocycles. The minimum Gasteiger partial charge on any atom is -0.380 e. The van der Waals surface area contributed by atoms with E-state index in [2.05, 4.69) is 11.1 Å². The minimum atomic E-state index is -4.52. The lowest BCUT2D eigenvalue weighted by Crippen LogP contribution is -2.26. The molecule has 0 saturated carbocycles. The fourth-order valence-electron chi connectivity index (χ4n) is 3.20. The van der Waals surface area contributed by atoms with Crippen molar-refractivity contribution in [3.63, 3.8) is 0 Å². The van der Waals surface area contributed by atoms with E-state index in [9.17, 15) is 17.6 Å². The third-order valence-electron chi connectivity index (χ3n) is 4.64. The van der Waals surface area contributed by atoms with Gasteiger partial charge in [0.25, 0.3) is 0 Å². The lowest BCUT2D eigenvalue weighted by Gasteiger charge is -2.19. The van der Waals surface area contributed by atoms with Crippen LogP contribution in [0.25, 0.3) is 11.0 Å². The van der Waals surface area contributed by atoms with Crippen molar-refractivity contribution in [1.82, 2.24) is 14.5 Å². The maximum Gasteiger partial charge on any atom is 0.416 e. The van der Waals surface area contributed by atoms with Crippen LogP contribution in [0.5, 0.6) is 0 Å². The van der Waals surface area contributed by atoms with E-state index < -0.39 is 17.6 Å². The molecule has 3 aromatic rings. The molecule has 0 atom stereocenters. The number of benzene rings is 2. The van der Waals surface area contributed by atoms with Gasteiger partial charge < -0.3 is 9.30 Å². The van der Waals surface area contributed by atoms with E-state index in [4.69, 9.17) is 4.74 Å². The molecule has 2 heterocycles. The van der Waals surface area contributed by atoms with Crippen LogP contribution in [0.15, 0.2) is 48.8 Å². The number of ether oxygens (including phenoxy) is 1. The van der Waals surface area contributed by atoms with Gasteiger partial charge in [0.2, 0.25) is 0 Å². The predicted octanol–water partition coefficient (Wildman–Crippen LogP) is 4.64. The van der Waals surface area contributed by atoms with Gasteiger partial charge in [0.15, 0.2) is 0 Å². The van der Waals surface area contributed by atoms with Crippen LogP contribution in [0.3, 0.4) is 0 Å². The number of fused-ring (bicyclic) bond motifs is 1. The van der Waals surface area contributed by atoms with E-state index in [0.29, 0.717) is 37.9 Å². The number of para-hydroxylation sites is 2. The SMILES string of the molecule is Cn1cnc2ccccc21.Fc1cc(CN2CCCOCC2)cc(C(F)(F)F)c1. The Morgan fingerprint density at radius 3 is 2.62 bits per heavy atom. The van der Waals surface area contributed by atoms with Crippen LogP contribution < -0.4 is 0 Å². The highest BCUT2D eigenvalue weighted by Crippen LogP contribution is 2.30. The van der Waals surface area contributed by atoms with Crippen LogP contribution in [-0.2, 0) is 24.5 Å². The molecule has 0 unspecified atom stereocenters. The number of imidazole rings is 1. The van der Waals surface area contributed by atoms with Crippen LogP contribution in [-0.4, -0.2) is 40.8 Å². The molecule has 156 valence electrons. The van der Waals surface area contributed by atoms with Gasteiger partial charge in [0.1, 0.15) is 5.82 Å². The van der Waals surface area contributed by atoms with Crippen molar-refractivity contribution in [3.05, 3.63) is 65.7 Å². The van der Waals surface area contributed by atoms with Crippen LogP contribution in [0.1, 0.15) is 17.5 Å². The van der Waals surface area contributed by atoms with E-state index in [1.807, 2.05) is 41.0 Å². The smallest absolute Gasteiger partial charge is 0.380 e. The second-order valence-electron chi connectivity index (χ2n) is 6.93. The molecule has 0 bridgehead atoms. The van der Waals surface area contributed by atoms with Crippen molar-refractivity contribution < 1.29 is 22.3 Å². The average Bonchev–Trinajstić information content (AvgIpc) is 2.87. The van der Waals surface area contributed by atoms with E-state index in [0.717, 1.165) is 30.6 Å². The van der Waals surface area contributed by atoms with E-state index in [1.54, 1.807) is 0 Å². The summed E-state index contributed by atoms with van der Waals surface area (Å²) >= 11 is 0. The van der Waals surface area contributed by atoms with Gasteiger partial charge in [-0.3, -0.25) is 4.90 Å². The standard InChI is InChI=1S/C13H15F4NO.C8H8N2/c14-12-7-10(6-11(8-12)13(15,16)17)9-18-2-1-4-19-5-3-18;1-10-6-9-7-4-2-3-5-8(7)10/h6-8H,1-5,9H2;2-6H,1H3. The van der Waals surface area contributed by atoms with Gasteiger partial charge in [-0.1, -0.05) is 12.1 Å². The number of hydrogen-bond donors (Lipinski definition) is 0. The molecule has 4 nitrogen and oxygen atoms in total. The number of rotatable bonds is 2. The van der Waals surface area contributed by atoms with Crippen molar-refractivity contribution in [2.24, 2.45) is 7.05 Å². The molecular formula is C21H23F4N3O. The average molecular weight is 409 g/mol. The number of nitrogens with zero attached hydrogens (tertiary/aromatic N) is 3. The van der Waals surface area contributed by atoms with Gasteiger partial charge in [0, 0.05) is 33.3 Å². The summed E-state index contributed by atoms with van der Waals surface area (Å²) in [5.74, 6) is -0.851. The Morgan fingerprint density at radius 2 is 1.86 bits per heavy atom. The Bertz CT molecular complexity index is 931. The Balaban J connectivity index is 0.000000200. The summed E-state index contributed by atoms with van der Waals surface area (Å²) in [7, 11) is 2.00. The summed E-state index contributed by atoms with van der Waals surface area (Å²) in [6.45, 7) is 2.93. The van der Waals surface area contributed by atoms with Crippen molar-refractivity contribution in [2.75, 3.05) is 26.3 Å². The Kier molecular flexibility index (Phi) is 6.87. The summed E-state index contributed by atoms with van der Waals surface area (Å²) in [4.78, 5) is 6.16. The van der Waals surface area contributed by atoms with Crippen molar-refractivity contribution in [2.45, 2.75) is 19.1 Å². The van der Waals surface area contributed by atoms with Crippen molar-refractivity contribution in [1.29, 1.82) is 0 Å². The summed E-state index contributed by atoms with van der Waals surface area (Å²) < 4.78 is 58.3. The van der Waals surface area contributed by atoms with Crippen LogP contribution in [0.4, 0.5) is 17.6 Å². The molecule has 0 N–H and O–H groups in total. The highest BCUT2D eigenvalue weighted by atomic mass is 19.4. The van der Waals surface area contributed by atoms with Gasteiger partial charge in [-0.25, -0.2) is 9.37 Å². The lowest BCUT2D eigenvalue weighted by atomic mass is 10.1. The first-order valence-electron chi connectivity index (χ1n) is 9.36. The number of aromatic nitrogens is 2. The number of hydrogen-bond acceptors (Lipinski definition) is 3. The Morgan fingerprint density at radius 1 is 1.07 bits per heavy atom. The molecule has 0 spiro atoms. The lowest BCUT2D eigenvalue weighted by molar-refractivity contribution is -0.137. The third-order valence-corrected chi connectivity index (χ3v) is 4.64. The normalized spacial score (nSPS) is 15.6. The van der Waals surface area contributed by atoms with Crippen LogP contribution >= 0.6 is 0 Å². The largest absolute Gasteiger partial charge is 0.416 e. The summed E-state index contributed by atoms with van der Waals surface area (Å²) in [6.07, 6.45) is -1.86. The van der Waals surface area contributed by atoms with E-state index >= 15 is 0 Å². The minimum absolute atomic E-state index is 0.310. The molecule has 1 fully saturated rings. The molecule has 1 aliphatic rings. The number of aryl methyl sites for hydroxylation is 1. The van der Waals surface area contributed by atoms with Gasteiger partial charge >= 0.3 is 6.18 Å². The maximum atomic E-state index is 13.2. The molecule has 29 heavy (non-hydrogen) atoms. The zero-order valence-corrected chi connectivity index (χ0v) is 16.1. The predicted molar refractivity (Wildman–Crippen MR) is 103 cm³/mol. The molecule has 1 aromatic heterocycles.